The number of aromatic nitrogens is 1. The molecule has 180 valence electrons. The molecule has 0 spiro atoms. The second-order valence-electron chi connectivity index (χ2n) is 9.87. The van der Waals surface area contributed by atoms with Crippen LogP contribution in [0.15, 0.2) is 41.0 Å². The van der Waals surface area contributed by atoms with Crippen LogP contribution >= 0.6 is 11.6 Å². The van der Waals surface area contributed by atoms with Crippen LogP contribution < -0.4 is 15.0 Å². The minimum absolute atomic E-state index is 0.0736. The number of nitrogens with zero attached hydrogens (tertiary/aromatic N) is 2. The fourth-order valence-corrected chi connectivity index (χ4v) is 5.77. The Bertz CT molecular complexity index is 1260. The van der Waals surface area contributed by atoms with Crippen LogP contribution in [0.5, 0.6) is 5.75 Å². The predicted molar refractivity (Wildman–Crippen MR) is 132 cm³/mol. The summed E-state index contributed by atoms with van der Waals surface area (Å²) >= 11 is 6.42. The van der Waals surface area contributed by atoms with Gasteiger partial charge in [-0.2, -0.15) is 0 Å². The third-order valence-electron chi connectivity index (χ3n) is 7.81. The molecular formula is C26H30ClN3O4. The van der Waals surface area contributed by atoms with Gasteiger partial charge in [0.15, 0.2) is 5.58 Å². The summed E-state index contributed by atoms with van der Waals surface area (Å²) in [6, 6.07) is 8.80. The summed E-state index contributed by atoms with van der Waals surface area (Å²) < 4.78 is 12.7. The number of furan rings is 1. The number of amides is 2. The number of nitrogens with one attached hydrogen (secondary N) is 1. The van der Waals surface area contributed by atoms with Gasteiger partial charge in [-0.1, -0.05) is 38.3 Å². The number of benzene rings is 1. The molecule has 3 aromatic rings. The Balaban J connectivity index is 1.59. The highest BCUT2D eigenvalue weighted by molar-refractivity contribution is 6.32. The molecule has 0 radical (unpaired) electrons. The first-order valence-corrected chi connectivity index (χ1v) is 12.2. The second kappa shape index (κ2) is 8.38. The van der Waals surface area contributed by atoms with E-state index in [9.17, 15) is 9.59 Å². The van der Waals surface area contributed by atoms with E-state index in [1.807, 2.05) is 17.6 Å². The SMILES string of the molecule is COc1ccc(N2C(=O)c3cc4occc4n3C[C@]2(C)C(=O)N[C@@H]2CCC[C@H](C)[C@@H]2C)cc1Cl. The van der Waals surface area contributed by atoms with E-state index in [1.54, 1.807) is 42.5 Å². The predicted octanol–water partition coefficient (Wildman–Crippen LogP) is 5.26. The summed E-state index contributed by atoms with van der Waals surface area (Å²) in [7, 11) is 1.54. The lowest BCUT2D eigenvalue weighted by Gasteiger charge is -2.45. The van der Waals surface area contributed by atoms with Crippen LogP contribution in [0.3, 0.4) is 0 Å². The van der Waals surface area contributed by atoms with Crippen molar-refractivity contribution in [2.24, 2.45) is 11.8 Å². The fraction of sp³-hybridized carbons (Fsp3) is 0.462. The van der Waals surface area contributed by atoms with E-state index in [0.717, 1.165) is 18.4 Å². The van der Waals surface area contributed by atoms with E-state index in [2.05, 4.69) is 19.2 Å². The van der Waals surface area contributed by atoms with Crippen molar-refractivity contribution in [2.45, 2.75) is 58.2 Å². The molecular weight excluding hydrogens is 454 g/mol. The van der Waals surface area contributed by atoms with Crippen molar-refractivity contribution in [3.8, 4) is 5.75 Å². The summed E-state index contributed by atoms with van der Waals surface area (Å²) in [6.07, 6.45) is 4.79. The van der Waals surface area contributed by atoms with Crippen molar-refractivity contribution in [3.63, 3.8) is 0 Å². The van der Waals surface area contributed by atoms with Crippen LogP contribution in [-0.2, 0) is 11.3 Å². The van der Waals surface area contributed by atoms with Crippen molar-refractivity contribution in [1.29, 1.82) is 0 Å². The van der Waals surface area contributed by atoms with E-state index >= 15 is 0 Å². The number of anilines is 1. The molecule has 5 rings (SSSR count). The molecule has 1 aromatic carbocycles. The maximum Gasteiger partial charge on any atom is 0.276 e. The highest BCUT2D eigenvalue weighted by Gasteiger charge is 2.49. The highest BCUT2D eigenvalue weighted by Crippen LogP contribution is 2.39. The Hall–Kier alpha value is -2.93. The quantitative estimate of drug-likeness (QED) is 0.549. The van der Waals surface area contributed by atoms with Crippen LogP contribution in [-0.4, -0.2) is 35.1 Å². The van der Waals surface area contributed by atoms with Gasteiger partial charge in [-0.05, 0) is 43.4 Å². The molecule has 0 unspecified atom stereocenters. The lowest BCUT2D eigenvalue weighted by molar-refractivity contribution is -0.128. The van der Waals surface area contributed by atoms with Gasteiger partial charge in [-0.25, -0.2) is 0 Å². The van der Waals surface area contributed by atoms with Crippen molar-refractivity contribution in [2.75, 3.05) is 12.0 Å². The van der Waals surface area contributed by atoms with Crippen LogP contribution in [0.1, 0.15) is 50.5 Å². The molecule has 1 aliphatic carbocycles. The zero-order valence-electron chi connectivity index (χ0n) is 19.9. The van der Waals surface area contributed by atoms with E-state index in [-0.39, 0.29) is 17.9 Å². The topological polar surface area (TPSA) is 76.7 Å². The van der Waals surface area contributed by atoms with Crippen LogP contribution in [0.4, 0.5) is 5.69 Å². The lowest BCUT2D eigenvalue weighted by atomic mass is 9.77. The summed E-state index contributed by atoms with van der Waals surface area (Å²) in [5.41, 5.74) is 1.27. The van der Waals surface area contributed by atoms with Crippen molar-refractivity contribution in [1.82, 2.24) is 9.88 Å². The Morgan fingerprint density at radius 2 is 2.03 bits per heavy atom. The third-order valence-corrected chi connectivity index (χ3v) is 8.11. The van der Waals surface area contributed by atoms with Gasteiger partial charge in [-0.15, -0.1) is 0 Å². The molecule has 1 fully saturated rings. The molecule has 4 atom stereocenters. The van der Waals surface area contributed by atoms with Gasteiger partial charge in [0.25, 0.3) is 5.91 Å². The van der Waals surface area contributed by atoms with Gasteiger partial charge in [0.2, 0.25) is 5.91 Å². The van der Waals surface area contributed by atoms with Gasteiger partial charge in [0.05, 0.1) is 30.5 Å². The van der Waals surface area contributed by atoms with Gasteiger partial charge in [-0.3, -0.25) is 14.5 Å². The average molecular weight is 484 g/mol. The zero-order valence-corrected chi connectivity index (χ0v) is 20.7. The molecule has 2 aliphatic rings. The summed E-state index contributed by atoms with van der Waals surface area (Å²) in [4.78, 5) is 29.4. The Kier molecular flexibility index (Phi) is 5.63. The number of fused-ring (bicyclic) bond motifs is 3. The van der Waals surface area contributed by atoms with E-state index < -0.39 is 5.54 Å². The fourth-order valence-electron chi connectivity index (χ4n) is 5.52. The number of methoxy groups -OCH3 is 1. The van der Waals surface area contributed by atoms with E-state index in [1.165, 1.54) is 6.42 Å². The Morgan fingerprint density at radius 1 is 1.24 bits per heavy atom. The monoisotopic (exact) mass is 483 g/mol. The van der Waals surface area contributed by atoms with E-state index in [4.69, 9.17) is 20.8 Å². The maximum atomic E-state index is 14.0. The summed E-state index contributed by atoms with van der Waals surface area (Å²) in [6.45, 7) is 6.55. The lowest BCUT2D eigenvalue weighted by Crippen LogP contribution is -2.66. The zero-order chi connectivity index (χ0) is 24.2. The normalized spacial score (nSPS) is 27.0. The summed E-state index contributed by atoms with van der Waals surface area (Å²) in [5.74, 6) is 0.966. The molecule has 7 nitrogen and oxygen atoms in total. The van der Waals surface area contributed by atoms with Crippen molar-refractivity contribution in [3.05, 3.63) is 47.3 Å². The first kappa shape index (κ1) is 22.8. The molecule has 0 saturated heterocycles. The largest absolute Gasteiger partial charge is 0.495 e. The number of hydrogen-bond acceptors (Lipinski definition) is 4. The molecule has 1 N–H and O–H groups in total. The number of ether oxygens (including phenoxy) is 1. The van der Waals surface area contributed by atoms with Crippen LogP contribution in [0.25, 0.3) is 11.1 Å². The van der Waals surface area contributed by atoms with Crippen LogP contribution in [0, 0.1) is 11.8 Å². The highest BCUT2D eigenvalue weighted by atomic mass is 35.5. The standard InChI is InChI=1S/C26H30ClN3O4/c1-15-6-5-7-19(16(15)2)28-25(32)26(3)14-29-20-10-11-34-23(20)13-21(29)24(31)30(26)17-8-9-22(33-4)18(27)12-17/h8-13,15-16,19H,5-7,14H2,1-4H3,(H,28,32)/t15-,16-,19+,26+/m0/s1. The first-order valence-electron chi connectivity index (χ1n) is 11.8. The minimum atomic E-state index is -1.17. The molecule has 2 amide bonds. The maximum absolute atomic E-state index is 14.0. The first-order chi connectivity index (χ1) is 16.2. The number of carbonyl (C=O) groups excluding carboxylic acids is 2. The molecule has 3 heterocycles. The summed E-state index contributed by atoms with van der Waals surface area (Å²) in [5, 5.41) is 3.68. The smallest absolute Gasteiger partial charge is 0.276 e. The number of carbonyl (C=O) groups is 2. The molecule has 0 bridgehead atoms. The van der Waals surface area contributed by atoms with Crippen molar-refractivity contribution >= 4 is 40.2 Å². The molecule has 8 heteroatoms. The van der Waals surface area contributed by atoms with Crippen molar-refractivity contribution < 1.29 is 18.7 Å². The van der Waals surface area contributed by atoms with E-state index in [0.29, 0.717) is 46.1 Å². The number of hydrogen-bond donors (Lipinski definition) is 1. The minimum Gasteiger partial charge on any atom is -0.495 e. The van der Waals surface area contributed by atoms with Crippen LogP contribution in [0.2, 0.25) is 5.02 Å². The third kappa shape index (κ3) is 3.49. The molecule has 2 aromatic heterocycles. The van der Waals surface area contributed by atoms with Gasteiger partial charge in [0.1, 0.15) is 17.0 Å². The van der Waals surface area contributed by atoms with Gasteiger partial charge >= 0.3 is 0 Å². The number of halogens is 1. The molecule has 1 aliphatic heterocycles. The van der Waals surface area contributed by atoms with Gasteiger partial charge in [0, 0.05) is 23.9 Å². The van der Waals surface area contributed by atoms with Gasteiger partial charge < -0.3 is 19.0 Å². The average Bonchev–Trinajstić information content (AvgIpc) is 3.39. The Labute approximate surface area is 204 Å². The second-order valence-corrected chi connectivity index (χ2v) is 10.3. The molecule has 1 saturated carbocycles. The Morgan fingerprint density at radius 3 is 2.76 bits per heavy atom. The molecule has 34 heavy (non-hydrogen) atoms. The number of rotatable bonds is 4.